The minimum Gasteiger partial charge on any atom is -0.354 e. The van der Waals surface area contributed by atoms with Crippen molar-refractivity contribution in [1.82, 2.24) is 14.6 Å². The third kappa shape index (κ3) is 1.91. The molecule has 0 aliphatic carbocycles. The first-order valence-electron chi connectivity index (χ1n) is 5.23. The summed E-state index contributed by atoms with van der Waals surface area (Å²) in [5, 5.41) is 5.30. The van der Waals surface area contributed by atoms with E-state index in [0.717, 1.165) is 22.4 Å². The highest BCUT2D eigenvalue weighted by molar-refractivity contribution is 9.09. The molecule has 1 unspecified atom stereocenters. The maximum atomic E-state index is 4.43. The average molecular weight is 283 g/mol. The van der Waals surface area contributed by atoms with Crippen molar-refractivity contribution in [3.8, 4) is 0 Å². The molecular weight excluding hydrogens is 268 g/mol. The van der Waals surface area contributed by atoms with Gasteiger partial charge in [-0.3, -0.25) is 0 Å². The van der Waals surface area contributed by atoms with Crippen LogP contribution in [0.4, 0.5) is 5.82 Å². The smallest absolute Gasteiger partial charge is 0.154 e. The molecular formula is C11H15BrN4. The van der Waals surface area contributed by atoms with Crippen LogP contribution in [0, 0.1) is 6.92 Å². The van der Waals surface area contributed by atoms with Crippen LogP contribution in [0.25, 0.3) is 5.52 Å². The van der Waals surface area contributed by atoms with E-state index in [9.17, 15) is 0 Å². The van der Waals surface area contributed by atoms with Gasteiger partial charge in [-0.05, 0) is 19.9 Å². The third-order valence-corrected chi connectivity index (χ3v) is 3.65. The fourth-order valence-electron chi connectivity index (χ4n) is 1.61. The highest BCUT2D eigenvalue weighted by atomic mass is 79.9. The summed E-state index contributed by atoms with van der Waals surface area (Å²) in [6, 6.07) is 2.45. The summed E-state index contributed by atoms with van der Waals surface area (Å²) in [7, 11) is 2.05. The molecule has 0 amide bonds. The first-order valence-corrected chi connectivity index (χ1v) is 6.35. The lowest BCUT2D eigenvalue weighted by atomic mass is 10.3. The van der Waals surface area contributed by atoms with Gasteiger partial charge in [0, 0.05) is 30.8 Å². The number of aromatic nitrogens is 3. The van der Waals surface area contributed by atoms with Gasteiger partial charge in [-0.2, -0.15) is 5.10 Å². The molecule has 0 bridgehead atoms. The molecule has 0 radical (unpaired) electrons. The predicted octanol–water partition coefficient (Wildman–Crippen LogP) is 2.26. The monoisotopic (exact) mass is 282 g/mol. The zero-order valence-corrected chi connectivity index (χ0v) is 11.3. The molecule has 0 aromatic carbocycles. The van der Waals surface area contributed by atoms with E-state index in [1.165, 1.54) is 0 Å². The second-order valence-corrected chi connectivity index (χ2v) is 4.63. The van der Waals surface area contributed by atoms with E-state index < -0.39 is 0 Å². The molecule has 1 atom stereocenters. The third-order valence-electron chi connectivity index (χ3n) is 2.71. The van der Waals surface area contributed by atoms with Crippen LogP contribution in [-0.4, -0.2) is 33.0 Å². The summed E-state index contributed by atoms with van der Waals surface area (Å²) in [5.74, 6) is 0.968. The van der Waals surface area contributed by atoms with Crippen molar-refractivity contribution < 1.29 is 0 Å². The van der Waals surface area contributed by atoms with Crippen molar-refractivity contribution in [3.63, 3.8) is 0 Å². The number of rotatable bonds is 3. The SMILES string of the molecule is Cc1cc2c(N(C)C(C)CBr)nccn2n1. The van der Waals surface area contributed by atoms with Crippen molar-refractivity contribution >= 4 is 27.3 Å². The van der Waals surface area contributed by atoms with E-state index in [1.54, 1.807) is 6.20 Å². The Morgan fingerprint density at radius 3 is 3.00 bits per heavy atom. The average Bonchev–Trinajstić information content (AvgIpc) is 2.66. The van der Waals surface area contributed by atoms with Crippen LogP contribution in [0.3, 0.4) is 0 Å². The molecule has 0 N–H and O–H groups in total. The Bertz CT molecular complexity index is 494. The summed E-state index contributed by atoms with van der Waals surface area (Å²) in [6.45, 7) is 4.15. The van der Waals surface area contributed by atoms with Crippen molar-refractivity contribution in [2.75, 3.05) is 17.3 Å². The molecule has 4 nitrogen and oxygen atoms in total. The number of fused-ring (bicyclic) bond motifs is 1. The summed E-state index contributed by atoms with van der Waals surface area (Å²) in [6.07, 6.45) is 3.66. The van der Waals surface area contributed by atoms with Gasteiger partial charge in [0.2, 0.25) is 0 Å². The standard InChI is InChI=1S/C11H15BrN4/c1-8-6-10-11(15(3)9(2)7-12)13-4-5-16(10)14-8/h4-6,9H,7H2,1-3H3. The molecule has 0 fully saturated rings. The van der Waals surface area contributed by atoms with E-state index >= 15 is 0 Å². The summed E-state index contributed by atoms with van der Waals surface area (Å²) < 4.78 is 1.87. The minimum absolute atomic E-state index is 0.397. The van der Waals surface area contributed by atoms with Gasteiger partial charge in [0.1, 0.15) is 5.52 Å². The van der Waals surface area contributed by atoms with Gasteiger partial charge in [0.25, 0.3) is 0 Å². The van der Waals surface area contributed by atoms with Gasteiger partial charge in [-0.15, -0.1) is 0 Å². The van der Waals surface area contributed by atoms with Crippen LogP contribution < -0.4 is 4.90 Å². The molecule has 2 rings (SSSR count). The molecule has 0 aliphatic heterocycles. The lowest BCUT2D eigenvalue weighted by Crippen LogP contribution is -2.31. The molecule has 0 saturated carbocycles. The molecule has 0 aliphatic rings. The fraction of sp³-hybridized carbons (Fsp3) is 0.455. The van der Waals surface area contributed by atoms with Crippen LogP contribution in [0.1, 0.15) is 12.6 Å². The van der Waals surface area contributed by atoms with Crippen molar-refractivity contribution in [1.29, 1.82) is 0 Å². The van der Waals surface area contributed by atoms with E-state index in [4.69, 9.17) is 0 Å². The Hall–Kier alpha value is -1.10. The zero-order valence-electron chi connectivity index (χ0n) is 9.68. The lowest BCUT2D eigenvalue weighted by molar-refractivity contribution is 0.755. The molecule has 2 heterocycles. The predicted molar refractivity (Wildman–Crippen MR) is 69.4 cm³/mol. The van der Waals surface area contributed by atoms with Crippen molar-refractivity contribution in [2.45, 2.75) is 19.9 Å². The van der Waals surface area contributed by atoms with E-state index in [2.05, 4.69) is 51.0 Å². The Kier molecular flexibility index (Phi) is 3.14. The van der Waals surface area contributed by atoms with Crippen LogP contribution >= 0.6 is 15.9 Å². The van der Waals surface area contributed by atoms with Gasteiger partial charge in [0.15, 0.2) is 5.82 Å². The second-order valence-electron chi connectivity index (χ2n) is 3.98. The normalized spacial score (nSPS) is 13.0. The lowest BCUT2D eigenvalue weighted by Gasteiger charge is -2.24. The molecule has 2 aromatic heterocycles. The first kappa shape index (κ1) is 11.4. The Balaban J connectivity index is 2.51. The van der Waals surface area contributed by atoms with E-state index in [-0.39, 0.29) is 0 Å². The largest absolute Gasteiger partial charge is 0.354 e. The fourth-order valence-corrected chi connectivity index (χ4v) is 2.05. The van der Waals surface area contributed by atoms with Crippen LogP contribution in [0.15, 0.2) is 18.5 Å². The molecule has 2 aromatic rings. The van der Waals surface area contributed by atoms with Gasteiger partial charge < -0.3 is 4.90 Å². The van der Waals surface area contributed by atoms with Gasteiger partial charge in [-0.1, -0.05) is 15.9 Å². The van der Waals surface area contributed by atoms with Crippen LogP contribution in [-0.2, 0) is 0 Å². The molecule has 16 heavy (non-hydrogen) atoms. The molecule has 0 saturated heterocycles. The number of alkyl halides is 1. The highest BCUT2D eigenvalue weighted by Gasteiger charge is 2.14. The number of nitrogens with zero attached hydrogens (tertiary/aromatic N) is 4. The summed E-state index contributed by atoms with van der Waals surface area (Å²) in [4.78, 5) is 6.59. The van der Waals surface area contributed by atoms with Crippen molar-refractivity contribution in [2.24, 2.45) is 0 Å². The molecule has 5 heteroatoms. The number of aryl methyl sites for hydroxylation is 1. The Labute approximate surface area is 103 Å². The highest BCUT2D eigenvalue weighted by Crippen LogP contribution is 2.20. The Morgan fingerprint density at radius 2 is 2.31 bits per heavy atom. The quantitative estimate of drug-likeness (QED) is 0.810. The Morgan fingerprint density at radius 1 is 1.56 bits per heavy atom. The first-order chi connectivity index (χ1) is 7.63. The van der Waals surface area contributed by atoms with Gasteiger partial charge in [0.05, 0.1) is 5.69 Å². The minimum atomic E-state index is 0.397. The maximum Gasteiger partial charge on any atom is 0.154 e. The second kappa shape index (κ2) is 4.41. The topological polar surface area (TPSA) is 33.4 Å². The van der Waals surface area contributed by atoms with Crippen LogP contribution in [0.2, 0.25) is 0 Å². The van der Waals surface area contributed by atoms with Gasteiger partial charge >= 0.3 is 0 Å². The number of hydrogen-bond donors (Lipinski definition) is 0. The van der Waals surface area contributed by atoms with E-state index in [0.29, 0.717) is 6.04 Å². The molecule has 86 valence electrons. The zero-order chi connectivity index (χ0) is 11.7. The summed E-state index contributed by atoms with van der Waals surface area (Å²) >= 11 is 3.49. The molecule has 0 spiro atoms. The number of hydrogen-bond acceptors (Lipinski definition) is 3. The van der Waals surface area contributed by atoms with Crippen molar-refractivity contribution in [3.05, 3.63) is 24.2 Å². The summed E-state index contributed by atoms with van der Waals surface area (Å²) in [5.41, 5.74) is 2.06. The van der Waals surface area contributed by atoms with Gasteiger partial charge in [-0.25, -0.2) is 9.50 Å². The number of anilines is 1. The number of halogens is 1. The van der Waals surface area contributed by atoms with Crippen LogP contribution in [0.5, 0.6) is 0 Å². The maximum absolute atomic E-state index is 4.43. The van der Waals surface area contributed by atoms with E-state index in [1.807, 2.05) is 17.6 Å².